The maximum Gasteiger partial charge on any atom is 0.317 e. The molecule has 2 saturated heterocycles. The van der Waals surface area contributed by atoms with Crippen LogP contribution in [0.25, 0.3) is 0 Å². The first-order chi connectivity index (χ1) is 11.6. The molecular formula is C18H30N4O2. The Kier molecular flexibility index (Phi) is 5.43. The highest BCUT2D eigenvalue weighted by Crippen LogP contribution is 2.32. The van der Waals surface area contributed by atoms with E-state index in [0.29, 0.717) is 12.0 Å². The Balaban J connectivity index is 1.76. The fourth-order valence-corrected chi connectivity index (χ4v) is 3.89. The van der Waals surface area contributed by atoms with Crippen molar-refractivity contribution in [3.05, 3.63) is 17.7 Å². The molecule has 0 radical (unpaired) electrons. The van der Waals surface area contributed by atoms with Gasteiger partial charge in [-0.1, -0.05) is 0 Å². The number of aryl methyl sites for hydroxylation is 1. The first-order valence-corrected chi connectivity index (χ1v) is 9.23. The molecule has 1 aromatic heterocycles. The number of rotatable bonds is 3. The summed E-state index contributed by atoms with van der Waals surface area (Å²) in [4.78, 5) is 19.0. The molecule has 2 aliphatic rings. The van der Waals surface area contributed by atoms with E-state index in [4.69, 9.17) is 9.72 Å². The second-order valence-electron chi connectivity index (χ2n) is 7.36. The number of likely N-dealkylation sites (tertiary alicyclic amines) is 1. The molecule has 1 unspecified atom stereocenters. The van der Waals surface area contributed by atoms with Gasteiger partial charge < -0.3 is 19.5 Å². The summed E-state index contributed by atoms with van der Waals surface area (Å²) in [7, 11) is 0. The Morgan fingerprint density at radius 1 is 1.33 bits per heavy atom. The van der Waals surface area contributed by atoms with Crippen LogP contribution < -0.4 is 5.32 Å². The van der Waals surface area contributed by atoms with E-state index in [1.807, 2.05) is 24.9 Å². The second-order valence-corrected chi connectivity index (χ2v) is 7.36. The van der Waals surface area contributed by atoms with E-state index in [1.165, 1.54) is 11.5 Å². The highest BCUT2D eigenvalue weighted by molar-refractivity contribution is 5.74. The van der Waals surface area contributed by atoms with Crippen molar-refractivity contribution in [3.63, 3.8) is 0 Å². The third-order valence-electron chi connectivity index (χ3n) is 5.06. The van der Waals surface area contributed by atoms with Crippen LogP contribution in [0.15, 0.2) is 6.20 Å². The zero-order valence-electron chi connectivity index (χ0n) is 15.1. The SMILES string of the molecule is Cc1cnc(C2CCOCC2)n1C1CCCN(C(=O)NC(C)C)C1. The zero-order chi connectivity index (χ0) is 17.1. The Morgan fingerprint density at radius 3 is 2.79 bits per heavy atom. The Bertz CT molecular complexity index is 563. The molecule has 1 aromatic rings. The van der Waals surface area contributed by atoms with Crippen LogP contribution >= 0.6 is 0 Å². The minimum absolute atomic E-state index is 0.0556. The lowest BCUT2D eigenvalue weighted by Gasteiger charge is -2.36. The van der Waals surface area contributed by atoms with Crippen LogP contribution in [0.1, 0.15) is 63.0 Å². The van der Waals surface area contributed by atoms with E-state index in [2.05, 4.69) is 16.8 Å². The quantitative estimate of drug-likeness (QED) is 0.925. The number of urea groups is 1. The van der Waals surface area contributed by atoms with Crippen molar-refractivity contribution in [3.8, 4) is 0 Å². The molecule has 0 aromatic carbocycles. The molecule has 1 N–H and O–H groups in total. The molecule has 2 fully saturated rings. The van der Waals surface area contributed by atoms with E-state index < -0.39 is 0 Å². The zero-order valence-corrected chi connectivity index (χ0v) is 15.1. The van der Waals surface area contributed by atoms with E-state index in [1.54, 1.807) is 0 Å². The van der Waals surface area contributed by atoms with Crippen LogP contribution in [-0.4, -0.2) is 52.8 Å². The fraction of sp³-hybridized carbons (Fsp3) is 0.778. The van der Waals surface area contributed by atoms with Gasteiger partial charge >= 0.3 is 6.03 Å². The van der Waals surface area contributed by atoms with Crippen LogP contribution in [0.3, 0.4) is 0 Å². The number of hydrogen-bond acceptors (Lipinski definition) is 3. The van der Waals surface area contributed by atoms with Crippen molar-refractivity contribution in [2.75, 3.05) is 26.3 Å². The molecule has 134 valence electrons. The predicted octanol–water partition coefficient (Wildman–Crippen LogP) is 2.84. The predicted molar refractivity (Wildman–Crippen MR) is 93.3 cm³/mol. The van der Waals surface area contributed by atoms with Gasteiger partial charge in [0.2, 0.25) is 0 Å². The number of nitrogens with zero attached hydrogens (tertiary/aromatic N) is 3. The maximum atomic E-state index is 12.4. The maximum absolute atomic E-state index is 12.4. The second kappa shape index (κ2) is 7.55. The average molecular weight is 334 g/mol. The standard InChI is InChI=1S/C18H30N4O2/c1-13(2)20-18(23)21-8-4-5-16(12-21)22-14(3)11-19-17(22)15-6-9-24-10-7-15/h11,13,15-16H,4-10,12H2,1-3H3,(H,20,23). The van der Waals surface area contributed by atoms with E-state index in [0.717, 1.165) is 52.0 Å². The molecule has 24 heavy (non-hydrogen) atoms. The highest BCUT2D eigenvalue weighted by atomic mass is 16.5. The molecule has 6 heteroatoms. The van der Waals surface area contributed by atoms with Crippen molar-refractivity contribution in [2.24, 2.45) is 0 Å². The van der Waals surface area contributed by atoms with Crippen molar-refractivity contribution < 1.29 is 9.53 Å². The summed E-state index contributed by atoms with van der Waals surface area (Å²) in [5.41, 5.74) is 1.20. The molecular weight excluding hydrogens is 304 g/mol. The summed E-state index contributed by atoms with van der Waals surface area (Å²) in [6, 6.07) is 0.558. The number of carbonyl (C=O) groups is 1. The minimum Gasteiger partial charge on any atom is -0.381 e. The number of nitrogens with one attached hydrogen (secondary N) is 1. The van der Waals surface area contributed by atoms with Crippen molar-refractivity contribution in [1.82, 2.24) is 19.8 Å². The normalized spacial score (nSPS) is 22.8. The third-order valence-corrected chi connectivity index (χ3v) is 5.06. The Morgan fingerprint density at radius 2 is 2.08 bits per heavy atom. The van der Waals surface area contributed by atoms with Crippen LogP contribution in [0.5, 0.6) is 0 Å². The van der Waals surface area contributed by atoms with Gasteiger partial charge in [0.25, 0.3) is 0 Å². The first-order valence-electron chi connectivity index (χ1n) is 9.23. The summed E-state index contributed by atoms with van der Waals surface area (Å²) >= 11 is 0. The number of aromatic nitrogens is 2. The summed E-state index contributed by atoms with van der Waals surface area (Å²) in [6.45, 7) is 9.39. The van der Waals surface area contributed by atoms with Gasteiger partial charge in [0, 0.05) is 50.2 Å². The van der Waals surface area contributed by atoms with Crippen LogP contribution in [-0.2, 0) is 4.74 Å². The molecule has 3 heterocycles. The fourth-order valence-electron chi connectivity index (χ4n) is 3.89. The lowest BCUT2D eigenvalue weighted by atomic mass is 9.98. The number of piperidine rings is 1. The molecule has 3 rings (SSSR count). The van der Waals surface area contributed by atoms with Crippen molar-refractivity contribution >= 4 is 6.03 Å². The molecule has 0 bridgehead atoms. The van der Waals surface area contributed by atoms with Crippen LogP contribution in [0.2, 0.25) is 0 Å². The molecule has 0 spiro atoms. The lowest BCUT2D eigenvalue weighted by molar-refractivity contribution is 0.0816. The van der Waals surface area contributed by atoms with E-state index >= 15 is 0 Å². The van der Waals surface area contributed by atoms with Gasteiger partial charge in [-0.15, -0.1) is 0 Å². The van der Waals surface area contributed by atoms with E-state index in [-0.39, 0.29) is 12.1 Å². The monoisotopic (exact) mass is 334 g/mol. The number of ether oxygens (including phenoxy) is 1. The molecule has 0 saturated carbocycles. The molecule has 6 nitrogen and oxygen atoms in total. The molecule has 2 amide bonds. The minimum atomic E-state index is 0.0556. The number of amides is 2. The largest absolute Gasteiger partial charge is 0.381 e. The molecule has 0 aliphatic carbocycles. The van der Waals surface area contributed by atoms with Gasteiger partial charge in [-0.05, 0) is 46.5 Å². The van der Waals surface area contributed by atoms with Crippen LogP contribution in [0.4, 0.5) is 4.79 Å². The Hall–Kier alpha value is -1.56. The summed E-state index contributed by atoms with van der Waals surface area (Å²) in [5.74, 6) is 1.67. The Labute approximate surface area is 144 Å². The number of carbonyl (C=O) groups excluding carboxylic acids is 1. The van der Waals surface area contributed by atoms with Gasteiger partial charge in [0.15, 0.2) is 0 Å². The molecule has 1 atom stereocenters. The average Bonchev–Trinajstić information content (AvgIpc) is 2.97. The van der Waals surface area contributed by atoms with E-state index in [9.17, 15) is 4.79 Å². The summed E-state index contributed by atoms with van der Waals surface area (Å²) in [5, 5.41) is 3.02. The van der Waals surface area contributed by atoms with Gasteiger partial charge in [0.1, 0.15) is 5.82 Å². The van der Waals surface area contributed by atoms with Gasteiger partial charge in [-0.3, -0.25) is 0 Å². The van der Waals surface area contributed by atoms with Crippen molar-refractivity contribution in [1.29, 1.82) is 0 Å². The number of imidazole rings is 1. The lowest BCUT2D eigenvalue weighted by Crippen LogP contribution is -2.48. The summed E-state index contributed by atoms with van der Waals surface area (Å²) in [6.07, 6.45) is 6.22. The van der Waals surface area contributed by atoms with Gasteiger partial charge in [-0.25, -0.2) is 9.78 Å². The number of hydrogen-bond donors (Lipinski definition) is 1. The highest BCUT2D eigenvalue weighted by Gasteiger charge is 2.30. The summed E-state index contributed by atoms with van der Waals surface area (Å²) < 4.78 is 7.89. The molecule has 2 aliphatic heterocycles. The van der Waals surface area contributed by atoms with Gasteiger partial charge in [0.05, 0.1) is 6.04 Å². The smallest absolute Gasteiger partial charge is 0.317 e. The topological polar surface area (TPSA) is 59.4 Å². The van der Waals surface area contributed by atoms with Crippen LogP contribution in [0, 0.1) is 6.92 Å². The van der Waals surface area contributed by atoms with Crippen molar-refractivity contribution in [2.45, 2.75) is 64.5 Å². The third kappa shape index (κ3) is 3.74. The van der Waals surface area contributed by atoms with Gasteiger partial charge in [-0.2, -0.15) is 0 Å². The first kappa shape index (κ1) is 17.3.